The van der Waals surface area contributed by atoms with Gasteiger partial charge in [0.25, 0.3) is 0 Å². The van der Waals surface area contributed by atoms with Crippen LogP contribution in [0.15, 0.2) is 12.1 Å². The lowest BCUT2D eigenvalue weighted by atomic mass is 10.1. The molecule has 0 aliphatic carbocycles. The van der Waals surface area contributed by atoms with Crippen LogP contribution >= 0.6 is 11.3 Å². The second-order valence-corrected chi connectivity index (χ2v) is 5.20. The molecule has 1 aliphatic heterocycles. The molecule has 1 fully saturated rings. The van der Waals surface area contributed by atoms with Gasteiger partial charge in [0.15, 0.2) is 5.13 Å². The highest BCUT2D eigenvalue weighted by Crippen LogP contribution is 2.32. The molecule has 1 atom stereocenters. The van der Waals surface area contributed by atoms with E-state index in [0.717, 1.165) is 10.3 Å². The highest BCUT2D eigenvalue weighted by atomic mass is 32.1. The smallest absolute Gasteiger partial charge is 0.230 e. The van der Waals surface area contributed by atoms with E-state index >= 15 is 0 Å². The summed E-state index contributed by atoms with van der Waals surface area (Å²) in [6.07, 6.45) is 5.77. The molecule has 5 nitrogen and oxygen atoms in total. The van der Waals surface area contributed by atoms with Gasteiger partial charge < -0.3 is 4.74 Å². The monoisotopic (exact) mass is 273 g/mol. The molecule has 1 aliphatic rings. The summed E-state index contributed by atoms with van der Waals surface area (Å²) < 4.78 is 5.07. The quantitative estimate of drug-likeness (QED) is 0.781. The van der Waals surface area contributed by atoms with Crippen molar-refractivity contribution >= 4 is 32.7 Å². The first-order chi connectivity index (χ1) is 9.21. The van der Waals surface area contributed by atoms with Crippen molar-refractivity contribution in [3.05, 3.63) is 12.1 Å². The molecule has 1 amide bonds. The molecule has 0 N–H and O–H groups in total. The summed E-state index contributed by atoms with van der Waals surface area (Å²) in [5.41, 5.74) is 0.762. The normalized spacial score (nSPS) is 18.8. The van der Waals surface area contributed by atoms with Crippen LogP contribution in [0.1, 0.15) is 6.42 Å². The number of rotatable bonds is 2. The molecule has 1 unspecified atom stereocenters. The lowest BCUT2D eigenvalue weighted by Crippen LogP contribution is -2.24. The summed E-state index contributed by atoms with van der Waals surface area (Å²) in [7, 11) is 1.57. The number of methoxy groups -OCH3 is 1. The Hall–Kier alpha value is -2.13. The molecule has 0 saturated carbocycles. The summed E-state index contributed by atoms with van der Waals surface area (Å²) in [5, 5.41) is 0.651. The third-order valence-electron chi connectivity index (χ3n) is 3.02. The first kappa shape index (κ1) is 11.9. The second kappa shape index (κ2) is 4.52. The molecule has 0 spiro atoms. The second-order valence-electron chi connectivity index (χ2n) is 4.25. The SMILES string of the molecule is C#CC1CC(=O)N(c2nc3ccc(OC)nc3s2)C1. The number of pyridine rings is 1. The number of carbonyl (C=O) groups excluding carboxylic acids is 1. The Kier molecular flexibility index (Phi) is 2.84. The largest absolute Gasteiger partial charge is 0.481 e. The van der Waals surface area contributed by atoms with Gasteiger partial charge in [0.1, 0.15) is 10.3 Å². The van der Waals surface area contributed by atoms with E-state index in [0.29, 0.717) is 24.0 Å². The lowest BCUT2D eigenvalue weighted by Gasteiger charge is -2.10. The van der Waals surface area contributed by atoms with E-state index in [9.17, 15) is 4.79 Å². The van der Waals surface area contributed by atoms with Crippen LogP contribution < -0.4 is 9.64 Å². The van der Waals surface area contributed by atoms with Crippen LogP contribution in [0.25, 0.3) is 10.3 Å². The van der Waals surface area contributed by atoms with Gasteiger partial charge >= 0.3 is 0 Å². The molecule has 0 bridgehead atoms. The highest BCUT2D eigenvalue weighted by Gasteiger charge is 2.31. The fourth-order valence-electron chi connectivity index (χ4n) is 2.02. The molecule has 96 valence electrons. The van der Waals surface area contributed by atoms with E-state index < -0.39 is 0 Å². The Labute approximate surface area is 114 Å². The van der Waals surface area contributed by atoms with E-state index in [1.165, 1.54) is 11.3 Å². The average molecular weight is 273 g/mol. The molecule has 6 heteroatoms. The maximum Gasteiger partial charge on any atom is 0.230 e. The van der Waals surface area contributed by atoms with Crippen molar-refractivity contribution in [3.63, 3.8) is 0 Å². The standard InChI is InChI=1S/C13H11N3O2S/c1-3-8-6-11(17)16(7-8)13-14-9-4-5-10(18-2)15-12(9)19-13/h1,4-5,8H,6-7H2,2H3. The number of carbonyl (C=O) groups is 1. The average Bonchev–Trinajstić information content (AvgIpc) is 3.00. The third-order valence-corrected chi connectivity index (χ3v) is 4.01. The molecule has 0 radical (unpaired) electrons. The topological polar surface area (TPSA) is 55.3 Å². The van der Waals surface area contributed by atoms with E-state index in [1.807, 2.05) is 6.07 Å². The number of hydrogen-bond acceptors (Lipinski definition) is 5. The number of terminal acetylenes is 1. The maximum atomic E-state index is 11.9. The molecule has 19 heavy (non-hydrogen) atoms. The van der Waals surface area contributed by atoms with Crippen molar-refractivity contribution in [1.29, 1.82) is 0 Å². The van der Waals surface area contributed by atoms with Crippen molar-refractivity contribution in [1.82, 2.24) is 9.97 Å². The van der Waals surface area contributed by atoms with E-state index in [-0.39, 0.29) is 11.8 Å². The first-order valence-electron chi connectivity index (χ1n) is 5.79. The molecule has 2 aromatic rings. The summed E-state index contributed by atoms with van der Waals surface area (Å²) >= 11 is 1.37. The van der Waals surface area contributed by atoms with Crippen LogP contribution in [-0.4, -0.2) is 29.5 Å². The number of amides is 1. The van der Waals surface area contributed by atoms with E-state index in [4.69, 9.17) is 11.2 Å². The van der Waals surface area contributed by atoms with E-state index in [2.05, 4.69) is 15.9 Å². The van der Waals surface area contributed by atoms with Gasteiger partial charge in [-0.2, -0.15) is 0 Å². The van der Waals surface area contributed by atoms with Crippen LogP contribution in [-0.2, 0) is 4.79 Å². The number of nitrogens with zero attached hydrogens (tertiary/aromatic N) is 3. The molecule has 3 heterocycles. The van der Waals surface area contributed by atoms with Crippen LogP contribution in [0.4, 0.5) is 5.13 Å². The predicted octanol–water partition coefficient (Wildman–Crippen LogP) is 1.69. The zero-order chi connectivity index (χ0) is 13.4. The van der Waals surface area contributed by atoms with Crippen molar-refractivity contribution in [2.24, 2.45) is 5.92 Å². The Balaban J connectivity index is 1.98. The number of hydrogen-bond donors (Lipinski definition) is 0. The van der Waals surface area contributed by atoms with Gasteiger partial charge in [0.05, 0.1) is 7.11 Å². The van der Waals surface area contributed by atoms with Gasteiger partial charge in [-0.05, 0) is 6.07 Å². The predicted molar refractivity (Wildman–Crippen MR) is 73.3 cm³/mol. The highest BCUT2D eigenvalue weighted by molar-refractivity contribution is 7.22. The van der Waals surface area contributed by atoms with Crippen molar-refractivity contribution in [2.75, 3.05) is 18.6 Å². The van der Waals surface area contributed by atoms with Gasteiger partial charge in [0, 0.05) is 24.9 Å². The van der Waals surface area contributed by atoms with Crippen LogP contribution in [0, 0.1) is 18.3 Å². The summed E-state index contributed by atoms with van der Waals surface area (Å²) in [5.74, 6) is 3.16. The third kappa shape index (κ3) is 2.02. The van der Waals surface area contributed by atoms with Gasteiger partial charge in [-0.3, -0.25) is 9.69 Å². The number of ether oxygens (including phenoxy) is 1. The maximum absolute atomic E-state index is 11.9. The zero-order valence-corrected chi connectivity index (χ0v) is 11.1. The number of thiazole rings is 1. The van der Waals surface area contributed by atoms with Crippen molar-refractivity contribution < 1.29 is 9.53 Å². The van der Waals surface area contributed by atoms with Gasteiger partial charge in [0.2, 0.25) is 11.8 Å². The number of fused-ring (bicyclic) bond motifs is 1. The fourth-order valence-corrected chi connectivity index (χ4v) is 2.98. The van der Waals surface area contributed by atoms with E-state index in [1.54, 1.807) is 18.1 Å². The first-order valence-corrected chi connectivity index (χ1v) is 6.61. The summed E-state index contributed by atoms with van der Waals surface area (Å²) in [4.78, 5) is 23.0. The molecule has 3 rings (SSSR count). The minimum atomic E-state index is -0.0259. The molecular weight excluding hydrogens is 262 g/mol. The minimum absolute atomic E-state index is 0.0222. The Morgan fingerprint density at radius 1 is 1.53 bits per heavy atom. The van der Waals surface area contributed by atoms with Gasteiger partial charge in [-0.15, -0.1) is 12.3 Å². The molecule has 0 aromatic carbocycles. The Morgan fingerprint density at radius 2 is 2.37 bits per heavy atom. The van der Waals surface area contributed by atoms with Crippen molar-refractivity contribution in [3.8, 4) is 18.2 Å². The Morgan fingerprint density at radius 3 is 3.05 bits per heavy atom. The molecule has 1 saturated heterocycles. The van der Waals surface area contributed by atoms with Crippen molar-refractivity contribution in [2.45, 2.75) is 6.42 Å². The van der Waals surface area contributed by atoms with Gasteiger partial charge in [-0.25, -0.2) is 9.97 Å². The minimum Gasteiger partial charge on any atom is -0.481 e. The van der Waals surface area contributed by atoms with Crippen LogP contribution in [0.2, 0.25) is 0 Å². The van der Waals surface area contributed by atoms with Gasteiger partial charge in [-0.1, -0.05) is 11.3 Å². The van der Waals surface area contributed by atoms with Crippen LogP contribution in [0.5, 0.6) is 5.88 Å². The lowest BCUT2D eigenvalue weighted by molar-refractivity contribution is -0.117. The Bertz CT molecular complexity index is 689. The number of aromatic nitrogens is 2. The molecular formula is C13H11N3O2S. The summed E-state index contributed by atoms with van der Waals surface area (Å²) in [6.45, 7) is 0.534. The number of anilines is 1. The van der Waals surface area contributed by atoms with Crippen LogP contribution in [0.3, 0.4) is 0 Å². The molecule has 2 aromatic heterocycles. The summed E-state index contributed by atoms with van der Waals surface area (Å²) in [6, 6.07) is 3.59. The fraction of sp³-hybridized carbons (Fsp3) is 0.308. The zero-order valence-electron chi connectivity index (χ0n) is 10.3.